The van der Waals surface area contributed by atoms with Crippen molar-refractivity contribution in [2.45, 2.75) is 26.1 Å². The van der Waals surface area contributed by atoms with Crippen LogP contribution in [0.4, 0.5) is 18.9 Å². The number of methoxy groups -OCH3 is 1. The van der Waals surface area contributed by atoms with E-state index in [1.54, 1.807) is 19.9 Å². The van der Waals surface area contributed by atoms with Crippen LogP contribution in [-0.2, 0) is 15.7 Å². The molecule has 21 heavy (non-hydrogen) atoms. The van der Waals surface area contributed by atoms with Gasteiger partial charge in [0.1, 0.15) is 12.6 Å². The second-order valence-electron chi connectivity index (χ2n) is 4.64. The molecule has 0 heterocycles. The molecule has 114 valence electrons. The lowest BCUT2D eigenvalue weighted by Crippen LogP contribution is -2.36. The van der Waals surface area contributed by atoms with Gasteiger partial charge in [-0.25, -0.2) is 0 Å². The van der Waals surface area contributed by atoms with Gasteiger partial charge in [-0.15, -0.1) is 0 Å². The number of carbonyl (C=O) groups is 1. The zero-order valence-electron chi connectivity index (χ0n) is 11.9. The molecule has 0 aliphatic carbocycles. The molecule has 0 amide bonds. The van der Waals surface area contributed by atoms with Crippen LogP contribution < -0.4 is 4.90 Å². The summed E-state index contributed by atoms with van der Waals surface area (Å²) in [6.07, 6.45) is -4.52. The average molecular weight is 300 g/mol. The van der Waals surface area contributed by atoms with Gasteiger partial charge in [0.25, 0.3) is 0 Å². The number of hydrogen-bond donors (Lipinski definition) is 0. The maximum absolute atomic E-state index is 12.7. The van der Waals surface area contributed by atoms with Gasteiger partial charge in [0.2, 0.25) is 0 Å². The van der Waals surface area contributed by atoms with Crippen molar-refractivity contribution in [3.8, 4) is 6.07 Å². The van der Waals surface area contributed by atoms with Crippen LogP contribution >= 0.6 is 0 Å². The van der Waals surface area contributed by atoms with Crippen LogP contribution in [-0.4, -0.2) is 25.7 Å². The van der Waals surface area contributed by atoms with E-state index in [0.29, 0.717) is 0 Å². The predicted molar refractivity (Wildman–Crippen MR) is 70.7 cm³/mol. The second kappa shape index (κ2) is 6.48. The number of anilines is 1. The molecule has 1 aromatic rings. The third kappa shape index (κ3) is 4.12. The highest BCUT2D eigenvalue weighted by molar-refractivity contribution is 5.77. The minimum Gasteiger partial charge on any atom is -0.468 e. The van der Waals surface area contributed by atoms with E-state index < -0.39 is 17.7 Å². The molecule has 0 saturated heterocycles. The lowest BCUT2D eigenvalue weighted by molar-refractivity contribution is -0.139. The van der Waals surface area contributed by atoms with Crippen LogP contribution in [0.5, 0.6) is 0 Å². The molecule has 0 fully saturated rings. The Morgan fingerprint density at radius 1 is 1.43 bits per heavy atom. The molecular weight excluding hydrogens is 285 g/mol. The van der Waals surface area contributed by atoms with Crippen molar-refractivity contribution >= 4 is 11.7 Å². The molecule has 0 unspecified atom stereocenters. The SMILES string of the molecule is COC(=O)CN(c1ccc(C(F)(F)F)cc1C#N)C(C)C. The van der Waals surface area contributed by atoms with E-state index in [1.807, 2.05) is 0 Å². The Hall–Kier alpha value is -2.23. The fourth-order valence-corrected chi connectivity index (χ4v) is 1.80. The van der Waals surface area contributed by atoms with E-state index >= 15 is 0 Å². The van der Waals surface area contributed by atoms with Crippen LogP contribution in [0, 0.1) is 11.3 Å². The van der Waals surface area contributed by atoms with Crippen molar-refractivity contribution in [2.75, 3.05) is 18.6 Å². The Kier molecular flexibility index (Phi) is 5.19. The number of halogens is 3. The molecule has 0 N–H and O–H groups in total. The summed E-state index contributed by atoms with van der Waals surface area (Å²) in [4.78, 5) is 12.9. The predicted octanol–water partition coefficient (Wildman–Crippen LogP) is 2.96. The molecule has 4 nitrogen and oxygen atoms in total. The maximum atomic E-state index is 12.7. The van der Waals surface area contributed by atoms with E-state index in [9.17, 15) is 18.0 Å². The lowest BCUT2D eigenvalue weighted by atomic mass is 10.1. The van der Waals surface area contributed by atoms with E-state index in [4.69, 9.17) is 5.26 Å². The highest BCUT2D eigenvalue weighted by Crippen LogP contribution is 2.33. The lowest BCUT2D eigenvalue weighted by Gasteiger charge is -2.28. The number of rotatable bonds is 4. The van der Waals surface area contributed by atoms with Gasteiger partial charge in [0, 0.05) is 6.04 Å². The number of ether oxygens (including phenoxy) is 1. The Labute approximate surface area is 120 Å². The van der Waals surface area contributed by atoms with Crippen molar-refractivity contribution in [1.82, 2.24) is 0 Å². The van der Waals surface area contributed by atoms with Gasteiger partial charge in [-0.05, 0) is 32.0 Å². The molecule has 7 heteroatoms. The molecule has 1 aromatic carbocycles. The number of esters is 1. The second-order valence-corrected chi connectivity index (χ2v) is 4.64. The molecule has 0 radical (unpaired) electrons. The first-order valence-electron chi connectivity index (χ1n) is 6.15. The number of carbonyl (C=O) groups excluding carboxylic acids is 1. The minimum atomic E-state index is -4.52. The highest BCUT2D eigenvalue weighted by atomic mass is 19.4. The fraction of sp³-hybridized carbons (Fsp3) is 0.429. The van der Waals surface area contributed by atoms with Gasteiger partial charge in [-0.2, -0.15) is 18.4 Å². The molecule has 0 aliphatic rings. The number of nitrogens with zero attached hydrogens (tertiary/aromatic N) is 2. The number of alkyl halides is 3. The summed E-state index contributed by atoms with van der Waals surface area (Å²) in [5.74, 6) is -0.535. The monoisotopic (exact) mass is 300 g/mol. The molecule has 1 rings (SSSR count). The van der Waals surface area contributed by atoms with Gasteiger partial charge in [-0.3, -0.25) is 4.79 Å². The van der Waals surface area contributed by atoms with E-state index in [-0.39, 0.29) is 23.8 Å². The van der Waals surface area contributed by atoms with Gasteiger partial charge in [-0.1, -0.05) is 0 Å². The molecule has 0 aromatic heterocycles. The van der Waals surface area contributed by atoms with Crippen LogP contribution in [0.2, 0.25) is 0 Å². The Bertz CT molecular complexity index is 562. The third-order valence-electron chi connectivity index (χ3n) is 2.90. The normalized spacial score (nSPS) is 11.1. The first-order chi connectivity index (χ1) is 9.70. The van der Waals surface area contributed by atoms with Crippen LogP contribution in [0.25, 0.3) is 0 Å². The summed E-state index contributed by atoms with van der Waals surface area (Å²) in [5, 5.41) is 9.07. The van der Waals surface area contributed by atoms with Gasteiger partial charge >= 0.3 is 12.1 Å². The molecule has 0 aliphatic heterocycles. The first kappa shape index (κ1) is 16.8. The van der Waals surface area contributed by atoms with Crippen molar-refractivity contribution in [3.63, 3.8) is 0 Å². The summed E-state index contributed by atoms with van der Waals surface area (Å²) >= 11 is 0. The largest absolute Gasteiger partial charge is 0.468 e. The van der Waals surface area contributed by atoms with Gasteiger partial charge in [0.15, 0.2) is 0 Å². The Balaban J connectivity index is 3.27. The summed E-state index contributed by atoms with van der Waals surface area (Å²) < 4.78 is 42.5. The van der Waals surface area contributed by atoms with Gasteiger partial charge in [0.05, 0.1) is 23.9 Å². The highest BCUT2D eigenvalue weighted by Gasteiger charge is 2.31. The van der Waals surface area contributed by atoms with Crippen LogP contribution in [0.3, 0.4) is 0 Å². The van der Waals surface area contributed by atoms with E-state index in [0.717, 1.165) is 12.1 Å². The van der Waals surface area contributed by atoms with E-state index in [2.05, 4.69) is 4.74 Å². The number of benzene rings is 1. The topological polar surface area (TPSA) is 53.3 Å². The first-order valence-corrected chi connectivity index (χ1v) is 6.15. The van der Waals surface area contributed by atoms with E-state index in [1.165, 1.54) is 18.1 Å². The summed E-state index contributed by atoms with van der Waals surface area (Å²) in [5.41, 5.74) is -0.766. The van der Waals surface area contributed by atoms with Crippen molar-refractivity contribution in [3.05, 3.63) is 29.3 Å². The standard InChI is InChI=1S/C14H15F3N2O2/c1-9(2)19(8-13(20)21-3)12-5-4-11(14(15,16)17)6-10(12)7-18/h4-6,9H,8H2,1-3H3. The van der Waals surface area contributed by atoms with Crippen LogP contribution in [0.15, 0.2) is 18.2 Å². The van der Waals surface area contributed by atoms with Crippen molar-refractivity contribution in [1.29, 1.82) is 5.26 Å². The average Bonchev–Trinajstić information content (AvgIpc) is 2.42. The number of nitriles is 1. The number of hydrogen-bond acceptors (Lipinski definition) is 4. The maximum Gasteiger partial charge on any atom is 0.416 e. The summed E-state index contributed by atoms with van der Waals surface area (Å²) in [6.45, 7) is 3.39. The quantitative estimate of drug-likeness (QED) is 0.802. The molecular formula is C14H15F3N2O2. The Morgan fingerprint density at radius 2 is 2.05 bits per heavy atom. The zero-order chi connectivity index (χ0) is 16.2. The molecule has 0 atom stereocenters. The third-order valence-corrected chi connectivity index (χ3v) is 2.90. The summed E-state index contributed by atoms with van der Waals surface area (Å²) in [6, 6.07) is 4.42. The molecule has 0 spiro atoms. The Morgan fingerprint density at radius 3 is 2.48 bits per heavy atom. The van der Waals surface area contributed by atoms with Crippen LogP contribution in [0.1, 0.15) is 25.0 Å². The fourth-order valence-electron chi connectivity index (χ4n) is 1.80. The van der Waals surface area contributed by atoms with Crippen molar-refractivity contribution in [2.24, 2.45) is 0 Å². The zero-order valence-corrected chi connectivity index (χ0v) is 11.9. The van der Waals surface area contributed by atoms with Crippen molar-refractivity contribution < 1.29 is 22.7 Å². The minimum absolute atomic E-state index is 0.137. The molecule has 0 bridgehead atoms. The smallest absolute Gasteiger partial charge is 0.416 e. The molecule has 0 saturated carbocycles. The van der Waals surface area contributed by atoms with Gasteiger partial charge < -0.3 is 9.64 Å². The summed E-state index contributed by atoms with van der Waals surface area (Å²) in [7, 11) is 1.22.